The molecule has 0 bridgehead atoms. The van der Waals surface area contributed by atoms with Gasteiger partial charge < -0.3 is 15.0 Å². The number of hydrogen-bond donors (Lipinski definition) is 1. The molecule has 6 nitrogen and oxygen atoms in total. The Kier molecular flexibility index (Phi) is 7.14. The summed E-state index contributed by atoms with van der Waals surface area (Å²) < 4.78 is 4.99. The second-order valence-corrected chi connectivity index (χ2v) is 7.00. The van der Waals surface area contributed by atoms with Crippen molar-refractivity contribution in [2.24, 2.45) is 5.92 Å². The molecule has 2 aromatic rings. The van der Waals surface area contributed by atoms with Gasteiger partial charge in [-0.25, -0.2) is 0 Å². The van der Waals surface area contributed by atoms with E-state index in [9.17, 15) is 9.59 Å². The Morgan fingerprint density at radius 1 is 1.18 bits per heavy atom. The summed E-state index contributed by atoms with van der Waals surface area (Å²) in [4.78, 5) is 31.3. The van der Waals surface area contributed by atoms with Crippen LogP contribution in [-0.2, 0) is 9.53 Å². The standard InChI is InChI=1S/C22H27N3O3/c1-28-15-5-11-24-21(26)18-9-13-25(14-10-18)22(27)19-8-12-23-20(16-19)17-6-3-2-4-7-17/h2-4,6-8,12,16,18H,5,9-11,13-15H2,1H3,(H,24,26). The van der Waals surface area contributed by atoms with Gasteiger partial charge in [-0.1, -0.05) is 30.3 Å². The van der Waals surface area contributed by atoms with Gasteiger partial charge in [-0.05, 0) is 31.4 Å². The molecule has 6 heteroatoms. The summed E-state index contributed by atoms with van der Waals surface area (Å²) in [5, 5.41) is 2.96. The van der Waals surface area contributed by atoms with E-state index in [1.807, 2.05) is 41.3 Å². The highest BCUT2D eigenvalue weighted by molar-refractivity contribution is 5.95. The number of carbonyl (C=O) groups excluding carboxylic acids is 2. The maximum atomic E-state index is 12.9. The summed E-state index contributed by atoms with van der Waals surface area (Å²) in [6.07, 6.45) is 3.87. The largest absolute Gasteiger partial charge is 0.385 e. The van der Waals surface area contributed by atoms with Crippen LogP contribution in [0.4, 0.5) is 0 Å². The van der Waals surface area contributed by atoms with Gasteiger partial charge in [0.25, 0.3) is 5.91 Å². The third-order valence-corrected chi connectivity index (χ3v) is 5.05. The predicted octanol–water partition coefficient (Wildman–Crippen LogP) is 2.75. The monoisotopic (exact) mass is 381 g/mol. The van der Waals surface area contributed by atoms with Gasteiger partial charge in [0.2, 0.25) is 5.91 Å². The first-order valence-corrected chi connectivity index (χ1v) is 9.76. The van der Waals surface area contributed by atoms with Crippen LogP contribution >= 0.6 is 0 Å². The van der Waals surface area contributed by atoms with Crippen LogP contribution in [0.3, 0.4) is 0 Å². The summed E-state index contributed by atoms with van der Waals surface area (Å²) in [5.41, 5.74) is 2.41. The quantitative estimate of drug-likeness (QED) is 0.749. The van der Waals surface area contributed by atoms with Gasteiger partial charge in [0.05, 0.1) is 5.69 Å². The fourth-order valence-electron chi connectivity index (χ4n) is 3.43. The molecule has 0 spiro atoms. The number of likely N-dealkylation sites (tertiary alicyclic amines) is 1. The van der Waals surface area contributed by atoms with Crippen LogP contribution in [0.5, 0.6) is 0 Å². The number of ether oxygens (including phenoxy) is 1. The average molecular weight is 381 g/mol. The minimum Gasteiger partial charge on any atom is -0.385 e. The molecule has 28 heavy (non-hydrogen) atoms. The number of hydrogen-bond acceptors (Lipinski definition) is 4. The van der Waals surface area contributed by atoms with Gasteiger partial charge >= 0.3 is 0 Å². The molecular weight excluding hydrogens is 354 g/mol. The van der Waals surface area contributed by atoms with Crippen LogP contribution in [0.25, 0.3) is 11.3 Å². The van der Waals surface area contributed by atoms with Crippen molar-refractivity contribution in [2.75, 3.05) is 33.4 Å². The molecule has 1 aromatic carbocycles. The summed E-state index contributed by atoms with van der Waals surface area (Å²) in [5.74, 6) is 0.0564. The Labute approximate surface area is 165 Å². The third kappa shape index (κ3) is 5.16. The number of aromatic nitrogens is 1. The summed E-state index contributed by atoms with van der Waals surface area (Å²) in [6.45, 7) is 2.46. The number of nitrogens with zero attached hydrogens (tertiary/aromatic N) is 2. The van der Waals surface area contributed by atoms with Crippen LogP contribution in [0.1, 0.15) is 29.6 Å². The van der Waals surface area contributed by atoms with Gasteiger partial charge in [0, 0.05) is 56.6 Å². The molecule has 0 aliphatic carbocycles. The van der Waals surface area contributed by atoms with Crippen LogP contribution in [0.15, 0.2) is 48.7 Å². The molecule has 0 saturated carbocycles. The molecule has 1 fully saturated rings. The molecule has 0 unspecified atom stereocenters. The first kappa shape index (κ1) is 20.0. The van der Waals surface area contributed by atoms with E-state index in [0.717, 1.165) is 17.7 Å². The van der Waals surface area contributed by atoms with Crippen molar-refractivity contribution in [1.82, 2.24) is 15.2 Å². The van der Waals surface area contributed by atoms with Gasteiger partial charge in [0.15, 0.2) is 0 Å². The van der Waals surface area contributed by atoms with Crippen molar-refractivity contribution in [1.29, 1.82) is 0 Å². The zero-order chi connectivity index (χ0) is 19.8. The maximum absolute atomic E-state index is 12.9. The highest BCUT2D eigenvalue weighted by Crippen LogP contribution is 2.22. The maximum Gasteiger partial charge on any atom is 0.253 e. The van der Waals surface area contributed by atoms with Gasteiger partial charge in [-0.15, -0.1) is 0 Å². The molecule has 2 heterocycles. The highest BCUT2D eigenvalue weighted by atomic mass is 16.5. The summed E-state index contributed by atoms with van der Waals surface area (Å²) in [7, 11) is 1.65. The molecule has 1 aliphatic heterocycles. The van der Waals surface area contributed by atoms with Gasteiger partial charge in [-0.3, -0.25) is 14.6 Å². The number of piperidine rings is 1. The van der Waals surface area contributed by atoms with E-state index < -0.39 is 0 Å². The Morgan fingerprint density at radius 3 is 2.64 bits per heavy atom. The summed E-state index contributed by atoms with van der Waals surface area (Å²) in [6, 6.07) is 13.4. The van der Waals surface area contributed by atoms with Crippen molar-refractivity contribution in [3.8, 4) is 11.3 Å². The fraction of sp³-hybridized carbons (Fsp3) is 0.409. The van der Waals surface area contributed by atoms with Crippen molar-refractivity contribution in [3.63, 3.8) is 0 Å². The highest BCUT2D eigenvalue weighted by Gasteiger charge is 2.27. The van der Waals surface area contributed by atoms with E-state index >= 15 is 0 Å². The van der Waals surface area contributed by atoms with Crippen LogP contribution < -0.4 is 5.32 Å². The number of benzene rings is 1. The molecule has 1 saturated heterocycles. The molecule has 3 rings (SSSR count). The van der Waals surface area contributed by atoms with Crippen molar-refractivity contribution >= 4 is 11.8 Å². The normalized spacial score (nSPS) is 14.7. The topological polar surface area (TPSA) is 71.5 Å². The second kappa shape index (κ2) is 9.99. The van der Waals surface area contributed by atoms with Gasteiger partial charge in [-0.2, -0.15) is 0 Å². The Balaban J connectivity index is 1.55. The van der Waals surface area contributed by atoms with E-state index in [4.69, 9.17) is 4.74 Å². The van der Waals surface area contributed by atoms with Crippen LogP contribution in [-0.4, -0.2) is 55.0 Å². The van der Waals surface area contributed by atoms with E-state index in [2.05, 4.69) is 10.3 Å². The first-order chi connectivity index (χ1) is 13.7. The van der Waals surface area contributed by atoms with E-state index in [1.54, 1.807) is 19.4 Å². The van der Waals surface area contributed by atoms with Crippen molar-refractivity contribution < 1.29 is 14.3 Å². The Bertz CT molecular complexity index is 787. The molecule has 148 valence electrons. The molecular formula is C22H27N3O3. The average Bonchev–Trinajstić information content (AvgIpc) is 2.77. The lowest BCUT2D eigenvalue weighted by molar-refractivity contribution is -0.126. The lowest BCUT2D eigenvalue weighted by Crippen LogP contribution is -2.43. The van der Waals surface area contributed by atoms with Crippen LogP contribution in [0.2, 0.25) is 0 Å². The number of pyridine rings is 1. The molecule has 1 aromatic heterocycles. The molecule has 0 atom stereocenters. The first-order valence-electron chi connectivity index (χ1n) is 9.76. The van der Waals surface area contributed by atoms with Crippen molar-refractivity contribution in [2.45, 2.75) is 19.3 Å². The number of amides is 2. The number of methoxy groups -OCH3 is 1. The zero-order valence-electron chi connectivity index (χ0n) is 16.3. The molecule has 1 N–H and O–H groups in total. The van der Waals surface area contributed by atoms with Gasteiger partial charge in [0.1, 0.15) is 0 Å². The summed E-state index contributed by atoms with van der Waals surface area (Å²) >= 11 is 0. The molecule has 2 amide bonds. The molecule has 0 radical (unpaired) electrons. The minimum atomic E-state index is -0.0242. The Morgan fingerprint density at radius 2 is 1.93 bits per heavy atom. The number of rotatable bonds is 7. The SMILES string of the molecule is COCCCNC(=O)C1CCN(C(=O)c2ccnc(-c3ccccc3)c2)CC1. The van der Waals surface area contributed by atoms with E-state index in [0.29, 0.717) is 44.6 Å². The number of carbonyl (C=O) groups is 2. The Hall–Kier alpha value is -2.73. The van der Waals surface area contributed by atoms with Crippen LogP contribution in [0, 0.1) is 5.92 Å². The molecule has 1 aliphatic rings. The van der Waals surface area contributed by atoms with Crippen molar-refractivity contribution in [3.05, 3.63) is 54.2 Å². The third-order valence-electron chi connectivity index (χ3n) is 5.05. The van der Waals surface area contributed by atoms with E-state index in [1.165, 1.54) is 0 Å². The smallest absolute Gasteiger partial charge is 0.253 e. The predicted molar refractivity (Wildman–Crippen MR) is 108 cm³/mol. The zero-order valence-corrected chi connectivity index (χ0v) is 16.3. The fourth-order valence-corrected chi connectivity index (χ4v) is 3.43. The lowest BCUT2D eigenvalue weighted by atomic mass is 9.95. The van der Waals surface area contributed by atoms with E-state index in [-0.39, 0.29) is 17.7 Å². The second-order valence-electron chi connectivity index (χ2n) is 7.00. The lowest BCUT2D eigenvalue weighted by Gasteiger charge is -2.31. The minimum absolute atomic E-state index is 0.00136. The number of nitrogens with one attached hydrogen (secondary N) is 1.